The van der Waals surface area contributed by atoms with Gasteiger partial charge in [-0.1, -0.05) is 17.3 Å². The van der Waals surface area contributed by atoms with E-state index in [0.29, 0.717) is 32.0 Å². The highest BCUT2D eigenvalue weighted by molar-refractivity contribution is 5.79. The standard InChI is InChI=1S/C15H19NO6/c17-14(18)5-2-6-22-16-10-12-3-1-4-13(9-12)21-11-15-19-7-8-20-15/h1,3-4,9-10,15H,2,5-8,11H2,(H,17,18)/b16-10+. The molecule has 1 saturated heterocycles. The molecule has 1 N–H and O–H groups in total. The molecule has 1 heterocycles. The fraction of sp³-hybridized carbons (Fsp3) is 0.467. The maximum Gasteiger partial charge on any atom is 0.303 e. The third kappa shape index (κ3) is 6.11. The molecule has 1 aliphatic heterocycles. The average Bonchev–Trinajstić information content (AvgIpc) is 3.02. The van der Waals surface area contributed by atoms with Crippen molar-refractivity contribution >= 4 is 12.2 Å². The maximum atomic E-state index is 10.3. The van der Waals surface area contributed by atoms with Crippen LogP contribution < -0.4 is 4.74 Å². The molecule has 1 aliphatic rings. The molecule has 7 heteroatoms. The molecule has 1 aromatic carbocycles. The number of hydrogen-bond donors (Lipinski definition) is 1. The van der Waals surface area contributed by atoms with Gasteiger partial charge in [0.1, 0.15) is 19.0 Å². The zero-order valence-electron chi connectivity index (χ0n) is 12.1. The van der Waals surface area contributed by atoms with E-state index in [-0.39, 0.29) is 19.3 Å². The number of ether oxygens (including phenoxy) is 3. The summed E-state index contributed by atoms with van der Waals surface area (Å²) in [5.74, 6) is -0.151. The van der Waals surface area contributed by atoms with Crippen LogP contribution in [0.1, 0.15) is 18.4 Å². The Morgan fingerprint density at radius 2 is 2.23 bits per heavy atom. The highest BCUT2D eigenvalue weighted by Crippen LogP contribution is 2.14. The van der Waals surface area contributed by atoms with Gasteiger partial charge in [-0.3, -0.25) is 4.79 Å². The Morgan fingerprint density at radius 1 is 1.41 bits per heavy atom. The van der Waals surface area contributed by atoms with Crippen LogP contribution >= 0.6 is 0 Å². The predicted octanol–water partition coefficient (Wildman–Crippen LogP) is 1.65. The lowest BCUT2D eigenvalue weighted by molar-refractivity contribution is -0.137. The summed E-state index contributed by atoms with van der Waals surface area (Å²) in [5.41, 5.74) is 0.823. The van der Waals surface area contributed by atoms with Crippen LogP contribution in [-0.4, -0.2) is 50.0 Å². The summed E-state index contributed by atoms with van der Waals surface area (Å²) in [6.07, 6.45) is 1.74. The van der Waals surface area contributed by atoms with Gasteiger partial charge in [0.2, 0.25) is 0 Å². The van der Waals surface area contributed by atoms with Crippen LogP contribution in [0.4, 0.5) is 0 Å². The number of oxime groups is 1. The van der Waals surface area contributed by atoms with E-state index >= 15 is 0 Å². The number of benzene rings is 1. The van der Waals surface area contributed by atoms with E-state index in [1.807, 2.05) is 24.3 Å². The first-order valence-corrected chi connectivity index (χ1v) is 7.07. The van der Waals surface area contributed by atoms with E-state index in [1.165, 1.54) is 0 Å². The number of rotatable bonds is 9. The van der Waals surface area contributed by atoms with Gasteiger partial charge < -0.3 is 24.2 Å². The summed E-state index contributed by atoms with van der Waals surface area (Å²) in [6.45, 7) is 1.81. The normalized spacial score (nSPS) is 15.3. The first-order valence-electron chi connectivity index (χ1n) is 7.07. The summed E-state index contributed by atoms with van der Waals surface area (Å²) in [7, 11) is 0. The topological polar surface area (TPSA) is 86.6 Å². The Balaban J connectivity index is 1.71. The van der Waals surface area contributed by atoms with Crippen molar-refractivity contribution in [2.45, 2.75) is 19.1 Å². The molecule has 0 bridgehead atoms. The fourth-order valence-corrected chi connectivity index (χ4v) is 1.79. The molecule has 0 amide bonds. The Bertz CT molecular complexity index is 499. The predicted molar refractivity (Wildman–Crippen MR) is 78.0 cm³/mol. The molecule has 0 spiro atoms. The summed E-state index contributed by atoms with van der Waals surface area (Å²) < 4.78 is 16.2. The second kappa shape index (κ2) is 9.01. The molecule has 120 valence electrons. The fourth-order valence-electron chi connectivity index (χ4n) is 1.79. The van der Waals surface area contributed by atoms with Crippen molar-refractivity contribution in [1.29, 1.82) is 0 Å². The van der Waals surface area contributed by atoms with Crippen LogP contribution in [-0.2, 0) is 19.1 Å². The first-order chi connectivity index (χ1) is 10.7. The van der Waals surface area contributed by atoms with Crippen LogP contribution in [0.3, 0.4) is 0 Å². The lowest BCUT2D eigenvalue weighted by Gasteiger charge is -2.11. The molecule has 0 atom stereocenters. The van der Waals surface area contributed by atoms with E-state index in [9.17, 15) is 4.79 Å². The van der Waals surface area contributed by atoms with Crippen LogP contribution in [0.25, 0.3) is 0 Å². The molecule has 1 aromatic rings. The molecule has 0 unspecified atom stereocenters. The molecule has 0 saturated carbocycles. The van der Waals surface area contributed by atoms with Crippen molar-refractivity contribution < 1.29 is 28.9 Å². The molecule has 1 fully saturated rings. The minimum absolute atomic E-state index is 0.0736. The Labute approximate surface area is 128 Å². The minimum atomic E-state index is -0.840. The van der Waals surface area contributed by atoms with Gasteiger partial charge in [-0.2, -0.15) is 0 Å². The number of carboxylic acid groups (broad SMARTS) is 1. The van der Waals surface area contributed by atoms with Gasteiger partial charge in [0, 0.05) is 6.42 Å². The van der Waals surface area contributed by atoms with Gasteiger partial charge in [0.05, 0.1) is 19.4 Å². The van der Waals surface area contributed by atoms with Crippen LogP contribution in [0, 0.1) is 0 Å². The largest absolute Gasteiger partial charge is 0.488 e. The molecule has 7 nitrogen and oxygen atoms in total. The number of carboxylic acids is 1. The summed E-state index contributed by atoms with van der Waals surface area (Å²) in [5, 5.41) is 12.3. The quantitative estimate of drug-likeness (QED) is 0.424. The van der Waals surface area contributed by atoms with E-state index in [2.05, 4.69) is 5.16 Å². The van der Waals surface area contributed by atoms with E-state index in [1.54, 1.807) is 6.21 Å². The summed E-state index contributed by atoms with van der Waals surface area (Å²) in [4.78, 5) is 15.3. The van der Waals surface area contributed by atoms with Gasteiger partial charge in [-0.15, -0.1) is 0 Å². The first kappa shape index (κ1) is 16.3. The molecule has 2 rings (SSSR count). The summed E-state index contributed by atoms with van der Waals surface area (Å²) >= 11 is 0. The number of hydrogen-bond acceptors (Lipinski definition) is 6. The van der Waals surface area contributed by atoms with Gasteiger partial charge in [-0.25, -0.2) is 0 Å². The van der Waals surface area contributed by atoms with Crippen LogP contribution in [0.2, 0.25) is 0 Å². The molecular weight excluding hydrogens is 290 g/mol. The maximum absolute atomic E-state index is 10.3. The van der Waals surface area contributed by atoms with Crippen molar-refractivity contribution in [3.8, 4) is 5.75 Å². The lowest BCUT2D eigenvalue weighted by atomic mass is 10.2. The second-order valence-corrected chi connectivity index (χ2v) is 4.62. The van der Waals surface area contributed by atoms with E-state index in [0.717, 1.165) is 5.56 Å². The van der Waals surface area contributed by atoms with Crippen molar-refractivity contribution in [1.82, 2.24) is 0 Å². The van der Waals surface area contributed by atoms with Crippen LogP contribution in [0.5, 0.6) is 5.75 Å². The zero-order chi connectivity index (χ0) is 15.6. The SMILES string of the molecule is O=C(O)CCCO/N=C/c1cccc(OCC2OCCO2)c1. The number of carbonyl (C=O) groups is 1. The van der Waals surface area contributed by atoms with Crippen molar-refractivity contribution in [3.05, 3.63) is 29.8 Å². The van der Waals surface area contributed by atoms with Gasteiger partial charge in [0.25, 0.3) is 0 Å². The molecule has 22 heavy (non-hydrogen) atoms. The molecule has 0 aliphatic carbocycles. The minimum Gasteiger partial charge on any atom is -0.488 e. The lowest BCUT2D eigenvalue weighted by Crippen LogP contribution is -2.18. The smallest absolute Gasteiger partial charge is 0.303 e. The summed E-state index contributed by atoms with van der Waals surface area (Å²) in [6, 6.07) is 7.36. The molecule has 0 aromatic heterocycles. The Morgan fingerprint density at radius 3 is 3.00 bits per heavy atom. The highest BCUT2D eigenvalue weighted by Gasteiger charge is 2.16. The number of nitrogens with zero attached hydrogens (tertiary/aromatic N) is 1. The highest BCUT2D eigenvalue weighted by atomic mass is 16.7. The third-order valence-corrected chi connectivity index (χ3v) is 2.84. The third-order valence-electron chi connectivity index (χ3n) is 2.84. The number of aliphatic carboxylic acids is 1. The van der Waals surface area contributed by atoms with Gasteiger partial charge >= 0.3 is 5.97 Å². The Hall–Kier alpha value is -2.12. The van der Waals surface area contributed by atoms with Crippen LogP contribution in [0.15, 0.2) is 29.4 Å². The van der Waals surface area contributed by atoms with E-state index < -0.39 is 5.97 Å². The monoisotopic (exact) mass is 309 g/mol. The van der Waals surface area contributed by atoms with Gasteiger partial charge in [0.15, 0.2) is 6.29 Å². The molecular formula is C15H19NO6. The van der Waals surface area contributed by atoms with Gasteiger partial charge in [-0.05, 0) is 24.1 Å². The average molecular weight is 309 g/mol. The van der Waals surface area contributed by atoms with Crippen molar-refractivity contribution in [2.24, 2.45) is 5.16 Å². The second-order valence-electron chi connectivity index (χ2n) is 4.62. The van der Waals surface area contributed by atoms with Crippen molar-refractivity contribution in [2.75, 3.05) is 26.4 Å². The van der Waals surface area contributed by atoms with Crippen molar-refractivity contribution in [3.63, 3.8) is 0 Å². The van der Waals surface area contributed by atoms with E-state index in [4.69, 9.17) is 24.2 Å². The zero-order valence-corrected chi connectivity index (χ0v) is 12.1. The Kier molecular flexibility index (Phi) is 6.66. The molecule has 0 radical (unpaired) electrons.